The minimum Gasteiger partial charge on any atom is -0.446 e. The van der Waals surface area contributed by atoms with Gasteiger partial charge in [0, 0.05) is 6.54 Å². The first kappa shape index (κ1) is 21.1. The number of rotatable bonds is 6. The van der Waals surface area contributed by atoms with E-state index >= 15 is 0 Å². The maximum atomic E-state index is 14.0. The lowest BCUT2D eigenvalue weighted by atomic mass is 10.2. The molecule has 0 radical (unpaired) electrons. The fourth-order valence-electron chi connectivity index (χ4n) is 1.98. The molecule has 2 aromatic rings. The van der Waals surface area contributed by atoms with Crippen LogP contribution in [-0.2, 0) is 6.18 Å². The zero-order valence-corrected chi connectivity index (χ0v) is 13.9. The summed E-state index contributed by atoms with van der Waals surface area (Å²) in [5.74, 6) is -9.16. The summed E-state index contributed by atoms with van der Waals surface area (Å²) in [6.07, 6.45) is -6.11. The smallest absolute Gasteiger partial charge is 0.416 e. The molecule has 0 saturated carbocycles. The normalized spacial score (nSPS) is 12.8. The molecule has 1 unspecified atom stereocenters. The van der Waals surface area contributed by atoms with Crippen LogP contribution in [-0.4, -0.2) is 23.6 Å². The minimum absolute atomic E-state index is 0.0417. The molecular formula is C16H11ClF7NO2. The van der Waals surface area contributed by atoms with Gasteiger partial charge in [-0.3, -0.25) is 0 Å². The van der Waals surface area contributed by atoms with E-state index in [-0.39, 0.29) is 30.2 Å². The van der Waals surface area contributed by atoms with Crippen molar-refractivity contribution >= 4 is 17.3 Å². The highest BCUT2D eigenvalue weighted by atomic mass is 35.5. The zero-order chi connectivity index (χ0) is 20.4. The average molecular weight is 418 g/mol. The molecule has 11 heteroatoms. The second-order valence-electron chi connectivity index (χ2n) is 5.30. The van der Waals surface area contributed by atoms with E-state index in [1.165, 1.54) is 0 Å². The second-order valence-corrected chi connectivity index (χ2v) is 5.60. The maximum absolute atomic E-state index is 14.0. The van der Waals surface area contributed by atoms with Crippen molar-refractivity contribution in [2.45, 2.75) is 12.3 Å². The molecular weight excluding hydrogens is 407 g/mol. The SMILES string of the molecule is OC(CCl)CNc1ccc(F)c(F)c1Oc1c(F)cc(C(F)(F)F)cc1F. The first-order chi connectivity index (χ1) is 12.5. The van der Waals surface area contributed by atoms with E-state index < -0.39 is 52.6 Å². The van der Waals surface area contributed by atoms with E-state index in [0.29, 0.717) is 6.07 Å². The summed E-state index contributed by atoms with van der Waals surface area (Å²) in [6, 6.07) is 1.55. The van der Waals surface area contributed by atoms with Crippen molar-refractivity contribution in [1.29, 1.82) is 0 Å². The summed E-state index contributed by atoms with van der Waals surface area (Å²) < 4.78 is 97.7. The summed E-state index contributed by atoms with van der Waals surface area (Å²) in [5.41, 5.74) is -1.93. The molecule has 0 saturated heterocycles. The molecule has 0 amide bonds. The molecule has 27 heavy (non-hydrogen) atoms. The van der Waals surface area contributed by atoms with E-state index in [9.17, 15) is 35.8 Å². The Hall–Kier alpha value is -2.20. The van der Waals surface area contributed by atoms with E-state index in [1.54, 1.807) is 0 Å². The third-order valence-corrected chi connectivity index (χ3v) is 3.64. The van der Waals surface area contributed by atoms with Gasteiger partial charge in [-0.1, -0.05) is 0 Å². The van der Waals surface area contributed by atoms with Crippen LogP contribution in [0.25, 0.3) is 0 Å². The van der Waals surface area contributed by atoms with Crippen LogP contribution < -0.4 is 10.1 Å². The van der Waals surface area contributed by atoms with Gasteiger partial charge < -0.3 is 15.2 Å². The lowest BCUT2D eigenvalue weighted by molar-refractivity contribution is -0.138. The fraction of sp³-hybridized carbons (Fsp3) is 0.250. The zero-order valence-electron chi connectivity index (χ0n) is 13.2. The maximum Gasteiger partial charge on any atom is 0.416 e. The second kappa shape index (κ2) is 8.22. The monoisotopic (exact) mass is 417 g/mol. The highest BCUT2D eigenvalue weighted by Gasteiger charge is 2.33. The molecule has 148 valence electrons. The van der Waals surface area contributed by atoms with Crippen LogP contribution >= 0.6 is 11.6 Å². The van der Waals surface area contributed by atoms with Gasteiger partial charge in [-0.2, -0.15) is 17.6 Å². The van der Waals surface area contributed by atoms with E-state index in [0.717, 1.165) is 6.07 Å². The van der Waals surface area contributed by atoms with Crippen molar-refractivity contribution in [2.24, 2.45) is 0 Å². The Morgan fingerprint density at radius 1 is 1.00 bits per heavy atom. The highest BCUT2D eigenvalue weighted by Crippen LogP contribution is 2.39. The van der Waals surface area contributed by atoms with Crippen LogP contribution in [0.1, 0.15) is 5.56 Å². The number of halogens is 8. The molecule has 0 heterocycles. The predicted molar refractivity (Wildman–Crippen MR) is 83.0 cm³/mol. The topological polar surface area (TPSA) is 41.5 Å². The number of nitrogens with one attached hydrogen (secondary N) is 1. The van der Waals surface area contributed by atoms with Crippen LogP contribution in [0.3, 0.4) is 0 Å². The standard InChI is InChI=1S/C16H11ClF7NO2/c17-5-8(26)6-25-12-2-1-9(18)13(21)15(12)27-14-10(19)3-7(4-11(14)20)16(22,23)24/h1-4,8,25-26H,5-6H2. The number of hydrogen-bond acceptors (Lipinski definition) is 3. The van der Waals surface area contributed by atoms with Gasteiger partial charge in [-0.05, 0) is 24.3 Å². The number of ether oxygens (including phenoxy) is 1. The van der Waals surface area contributed by atoms with Crippen molar-refractivity contribution in [3.63, 3.8) is 0 Å². The van der Waals surface area contributed by atoms with Gasteiger partial charge in [-0.25, -0.2) is 13.2 Å². The number of anilines is 1. The molecule has 0 bridgehead atoms. The van der Waals surface area contributed by atoms with E-state index in [2.05, 4.69) is 5.32 Å². The summed E-state index contributed by atoms with van der Waals surface area (Å²) in [5, 5.41) is 11.8. The number of benzene rings is 2. The molecule has 1 atom stereocenters. The van der Waals surface area contributed by atoms with Crippen LogP contribution in [0, 0.1) is 23.3 Å². The molecule has 0 aliphatic heterocycles. The van der Waals surface area contributed by atoms with Crippen molar-refractivity contribution in [1.82, 2.24) is 0 Å². The van der Waals surface area contributed by atoms with Gasteiger partial charge >= 0.3 is 6.18 Å². The van der Waals surface area contributed by atoms with Crippen LogP contribution in [0.15, 0.2) is 24.3 Å². The quantitative estimate of drug-likeness (QED) is 0.509. The first-order valence-electron chi connectivity index (χ1n) is 7.24. The molecule has 0 aliphatic rings. The van der Waals surface area contributed by atoms with Gasteiger partial charge in [0.15, 0.2) is 29.0 Å². The first-order valence-corrected chi connectivity index (χ1v) is 7.78. The van der Waals surface area contributed by atoms with Gasteiger partial charge in [0.2, 0.25) is 5.82 Å². The molecule has 2 rings (SSSR count). The summed E-state index contributed by atoms with van der Waals surface area (Å²) in [6.45, 7) is -0.247. The van der Waals surface area contributed by atoms with Gasteiger partial charge in [0.1, 0.15) is 0 Å². The Kier molecular flexibility index (Phi) is 6.42. The molecule has 0 spiro atoms. The Bertz CT molecular complexity index is 806. The van der Waals surface area contributed by atoms with Crippen molar-refractivity contribution < 1.29 is 40.6 Å². The summed E-state index contributed by atoms with van der Waals surface area (Å²) >= 11 is 5.39. The molecule has 0 fully saturated rings. The largest absolute Gasteiger partial charge is 0.446 e. The van der Waals surface area contributed by atoms with Gasteiger partial charge in [0.25, 0.3) is 0 Å². The highest BCUT2D eigenvalue weighted by molar-refractivity contribution is 6.18. The van der Waals surface area contributed by atoms with Gasteiger partial charge in [0.05, 0.1) is 23.2 Å². The molecule has 3 nitrogen and oxygen atoms in total. The molecule has 2 N–H and O–H groups in total. The van der Waals surface area contributed by atoms with Crippen molar-refractivity contribution in [3.8, 4) is 11.5 Å². The van der Waals surface area contributed by atoms with Crippen LogP contribution in [0.5, 0.6) is 11.5 Å². The number of aliphatic hydroxyl groups excluding tert-OH is 1. The molecule has 0 aromatic heterocycles. The van der Waals surface area contributed by atoms with Crippen molar-refractivity contribution in [3.05, 3.63) is 53.1 Å². The molecule has 0 aliphatic carbocycles. The summed E-state index contributed by atoms with van der Waals surface area (Å²) in [4.78, 5) is 0. The Labute approximate surface area is 153 Å². The van der Waals surface area contributed by atoms with Crippen LogP contribution in [0.4, 0.5) is 36.4 Å². The predicted octanol–water partition coefficient (Wildman–Crippen LogP) is 5.07. The number of hydrogen-bond donors (Lipinski definition) is 2. The minimum atomic E-state index is -5.02. The number of aliphatic hydroxyl groups is 1. The number of alkyl halides is 4. The lowest BCUT2D eigenvalue weighted by Gasteiger charge is -2.17. The van der Waals surface area contributed by atoms with E-state index in [4.69, 9.17) is 16.3 Å². The fourth-order valence-corrected chi connectivity index (χ4v) is 2.09. The van der Waals surface area contributed by atoms with Gasteiger partial charge in [-0.15, -0.1) is 11.6 Å². The Morgan fingerprint density at radius 2 is 1.59 bits per heavy atom. The third kappa shape index (κ3) is 4.95. The lowest BCUT2D eigenvalue weighted by Crippen LogP contribution is -2.21. The molecule has 2 aromatic carbocycles. The average Bonchev–Trinajstić information content (AvgIpc) is 2.59. The van der Waals surface area contributed by atoms with E-state index in [1.807, 2.05) is 0 Å². The Balaban J connectivity index is 2.43. The Morgan fingerprint density at radius 3 is 2.11 bits per heavy atom. The summed E-state index contributed by atoms with van der Waals surface area (Å²) in [7, 11) is 0. The van der Waals surface area contributed by atoms with Crippen LogP contribution in [0.2, 0.25) is 0 Å². The van der Waals surface area contributed by atoms with Crippen molar-refractivity contribution in [2.75, 3.05) is 17.7 Å². The third-order valence-electron chi connectivity index (χ3n) is 3.29.